The van der Waals surface area contributed by atoms with Gasteiger partial charge in [-0.2, -0.15) is 0 Å². The van der Waals surface area contributed by atoms with Gasteiger partial charge >= 0.3 is 0 Å². The Bertz CT molecular complexity index is 99.2. The fourth-order valence-corrected chi connectivity index (χ4v) is 1.91. The first-order valence-electron chi connectivity index (χ1n) is 4.97. The molecular weight excluding hydrogens is 164 g/mol. The monoisotopic (exact) mass is 188 g/mol. The van der Waals surface area contributed by atoms with Crippen molar-refractivity contribution in [3.63, 3.8) is 0 Å². The minimum atomic E-state index is -0.857. The average molecular weight is 188 g/mol. The largest absolute Gasteiger partial charge is 0.319 e. The molecule has 0 spiro atoms. The fourth-order valence-electron chi connectivity index (χ4n) is 0.979. The van der Waals surface area contributed by atoms with Crippen LogP contribution in [-0.4, -0.2) is 33.9 Å². The first kappa shape index (κ1) is 12.1. The van der Waals surface area contributed by atoms with E-state index in [0.29, 0.717) is 0 Å². The van der Waals surface area contributed by atoms with Gasteiger partial charge in [0.1, 0.15) is 0 Å². The maximum Gasteiger partial charge on any atom is 0.0595 e. The molecule has 0 saturated carbocycles. The Kier molecular flexibility index (Phi) is 6.71. The van der Waals surface area contributed by atoms with E-state index >= 15 is 0 Å². The molecule has 12 heavy (non-hydrogen) atoms. The summed E-state index contributed by atoms with van der Waals surface area (Å²) < 4.78 is 0. The summed E-state index contributed by atoms with van der Waals surface area (Å²) in [6, 6.07) is 0. The molecular formula is C9H24N2Si. The Morgan fingerprint density at radius 1 is 1.00 bits per heavy atom. The van der Waals surface area contributed by atoms with E-state index in [0.717, 1.165) is 19.6 Å². The van der Waals surface area contributed by atoms with Crippen LogP contribution in [0, 0.1) is 0 Å². The SMILES string of the molecule is CCNCCCNC[Si](C)(C)C. The number of hydrogen-bond donors (Lipinski definition) is 2. The van der Waals surface area contributed by atoms with Crippen molar-refractivity contribution in [2.45, 2.75) is 33.0 Å². The molecule has 0 saturated heterocycles. The van der Waals surface area contributed by atoms with Crippen LogP contribution in [0.1, 0.15) is 13.3 Å². The Morgan fingerprint density at radius 3 is 2.08 bits per heavy atom. The minimum Gasteiger partial charge on any atom is -0.319 e. The molecule has 0 aliphatic heterocycles. The zero-order valence-corrected chi connectivity index (χ0v) is 10.0. The summed E-state index contributed by atoms with van der Waals surface area (Å²) in [5.74, 6) is 0. The van der Waals surface area contributed by atoms with E-state index in [4.69, 9.17) is 0 Å². The normalized spacial score (nSPS) is 12.0. The van der Waals surface area contributed by atoms with E-state index < -0.39 is 8.07 Å². The second-order valence-corrected chi connectivity index (χ2v) is 9.92. The van der Waals surface area contributed by atoms with Crippen LogP contribution < -0.4 is 10.6 Å². The third-order valence-electron chi connectivity index (χ3n) is 1.61. The minimum absolute atomic E-state index is 0.857. The van der Waals surface area contributed by atoms with Crippen molar-refractivity contribution in [3.05, 3.63) is 0 Å². The van der Waals surface area contributed by atoms with E-state index in [1.54, 1.807) is 0 Å². The molecule has 0 aliphatic carbocycles. The van der Waals surface area contributed by atoms with Crippen molar-refractivity contribution >= 4 is 8.07 Å². The van der Waals surface area contributed by atoms with Gasteiger partial charge in [0.25, 0.3) is 0 Å². The Morgan fingerprint density at radius 2 is 1.58 bits per heavy atom. The zero-order valence-electron chi connectivity index (χ0n) is 9.04. The highest BCUT2D eigenvalue weighted by atomic mass is 28.3. The quantitative estimate of drug-likeness (QED) is 0.467. The molecule has 74 valence electrons. The van der Waals surface area contributed by atoms with Crippen LogP contribution in [-0.2, 0) is 0 Å². The molecule has 2 N–H and O–H groups in total. The van der Waals surface area contributed by atoms with Gasteiger partial charge in [0.15, 0.2) is 0 Å². The second-order valence-electron chi connectivity index (χ2n) is 4.44. The van der Waals surface area contributed by atoms with E-state index in [1.165, 1.54) is 12.6 Å². The zero-order chi connectivity index (χ0) is 9.45. The summed E-state index contributed by atoms with van der Waals surface area (Å²) in [7, 11) is -0.857. The highest BCUT2D eigenvalue weighted by Gasteiger charge is 2.10. The third-order valence-corrected chi connectivity index (χ3v) is 2.92. The average Bonchev–Trinajstić information content (AvgIpc) is 1.94. The van der Waals surface area contributed by atoms with Gasteiger partial charge in [-0.1, -0.05) is 26.6 Å². The first-order valence-corrected chi connectivity index (χ1v) is 8.68. The smallest absolute Gasteiger partial charge is 0.0595 e. The molecule has 3 heteroatoms. The van der Waals surface area contributed by atoms with Crippen LogP contribution >= 0.6 is 0 Å². The van der Waals surface area contributed by atoms with Crippen molar-refractivity contribution in [2.24, 2.45) is 0 Å². The Labute approximate surface area is 78.1 Å². The maximum atomic E-state index is 3.51. The number of nitrogens with one attached hydrogen (secondary N) is 2. The summed E-state index contributed by atoms with van der Waals surface area (Å²) in [5, 5.41) is 6.82. The molecule has 0 heterocycles. The van der Waals surface area contributed by atoms with Crippen LogP contribution in [0.3, 0.4) is 0 Å². The van der Waals surface area contributed by atoms with Crippen LogP contribution in [0.15, 0.2) is 0 Å². The van der Waals surface area contributed by atoms with Crippen molar-refractivity contribution in [1.29, 1.82) is 0 Å². The van der Waals surface area contributed by atoms with Crippen LogP contribution in [0.5, 0.6) is 0 Å². The van der Waals surface area contributed by atoms with Gasteiger partial charge in [0.2, 0.25) is 0 Å². The molecule has 0 amide bonds. The molecule has 2 nitrogen and oxygen atoms in total. The van der Waals surface area contributed by atoms with Crippen molar-refractivity contribution in [2.75, 3.05) is 25.8 Å². The lowest BCUT2D eigenvalue weighted by atomic mass is 10.4. The molecule has 0 aromatic heterocycles. The highest BCUT2D eigenvalue weighted by Crippen LogP contribution is 1.96. The van der Waals surface area contributed by atoms with Gasteiger partial charge < -0.3 is 10.6 Å². The molecule has 0 aromatic rings. The fraction of sp³-hybridized carbons (Fsp3) is 1.00. The van der Waals surface area contributed by atoms with Gasteiger partial charge in [-0.3, -0.25) is 0 Å². The summed E-state index contributed by atoms with van der Waals surface area (Å²) in [4.78, 5) is 0. The lowest BCUT2D eigenvalue weighted by Crippen LogP contribution is -2.37. The van der Waals surface area contributed by atoms with Crippen molar-refractivity contribution in [3.8, 4) is 0 Å². The summed E-state index contributed by atoms with van der Waals surface area (Å²) in [6.07, 6.45) is 2.50. The maximum absolute atomic E-state index is 3.51. The van der Waals surface area contributed by atoms with Crippen LogP contribution in [0.2, 0.25) is 19.6 Å². The highest BCUT2D eigenvalue weighted by molar-refractivity contribution is 6.76. The molecule has 0 fully saturated rings. The lowest BCUT2D eigenvalue weighted by Gasteiger charge is -2.16. The van der Waals surface area contributed by atoms with Gasteiger partial charge in [-0.15, -0.1) is 0 Å². The predicted molar refractivity (Wildman–Crippen MR) is 59.4 cm³/mol. The van der Waals surface area contributed by atoms with Crippen molar-refractivity contribution < 1.29 is 0 Å². The first-order chi connectivity index (χ1) is 5.56. The molecule has 0 radical (unpaired) electrons. The molecule has 0 aliphatic rings. The Balaban J connectivity index is 3.01. The van der Waals surface area contributed by atoms with Gasteiger partial charge in [-0.25, -0.2) is 0 Å². The summed E-state index contributed by atoms with van der Waals surface area (Å²) in [6.45, 7) is 12.7. The van der Waals surface area contributed by atoms with Gasteiger partial charge in [0, 0.05) is 0 Å². The molecule has 0 atom stereocenters. The lowest BCUT2D eigenvalue weighted by molar-refractivity contribution is 0.633. The van der Waals surface area contributed by atoms with Gasteiger partial charge in [-0.05, 0) is 32.2 Å². The summed E-state index contributed by atoms with van der Waals surface area (Å²) in [5.41, 5.74) is 0. The van der Waals surface area contributed by atoms with Crippen LogP contribution in [0.25, 0.3) is 0 Å². The van der Waals surface area contributed by atoms with Crippen LogP contribution in [0.4, 0.5) is 0 Å². The Hall–Kier alpha value is 0.137. The number of hydrogen-bond acceptors (Lipinski definition) is 2. The van der Waals surface area contributed by atoms with E-state index in [9.17, 15) is 0 Å². The third kappa shape index (κ3) is 10.1. The summed E-state index contributed by atoms with van der Waals surface area (Å²) >= 11 is 0. The topological polar surface area (TPSA) is 24.1 Å². The standard InChI is InChI=1S/C9H24N2Si/c1-5-10-7-6-8-11-9-12(2,3)4/h10-11H,5-9H2,1-4H3. The molecule has 0 aromatic carbocycles. The molecule has 0 rings (SSSR count). The van der Waals surface area contributed by atoms with E-state index in [2.05, 4.69) is 37.2 Å². The molecule has 0 bridgehead atoms. The molecule has 0 unspecified atom stereocenters. The van der Waals surface area contributed by atoms with Gasteiger partial charge in [0.05, 0.1) is 8.07 Å². The van der Waals surface area contributed by atoms with E-state index in [-0.39, 0.29) is 0 Å². The second kappa shape index (κ2) is 6.63. The number of rotatable bonds is 7. The van der Waals surface area contributed by atoms with Crippen molar-refractivity contribution in [1.82, 2.24) is 10.6 Å². The predicted octanol–water partition coefficient (Wildman–Crippen LogP) is 1.45. The van der Waals surface area contributed by atoms with E-state index in [1.807, 2.05) is 0 Å².